The Kier molecular flexibility index (Phi) is 5.71. The highest BCUT2D eigenvalue weighted by Crippen LogP contribution is 2.31. The van der Waals surface area contributed by atoms with Crippen LogP contribution in [0.1, 0.15) is 77.3 Å². The molecule has 0 N–H and O–H groups in total. The highest BCUT2D eigenvalue weighted by atomic mass is 16.5. The van der Waals surface area contributed by atoms with Crippen LogP contribution in [0.4, 0.5) is 0 Å². The van der Waals surface area contributed by atoms with Gasteiger partial charge in [0.15, 0.2) is 0 Å². The van der Waals surface area contributed by atoms with Crippen molar-refractivity contribution in [1.29, 1.82) is 0 Å². The van der Waals surface area contributed by atoms with E-state index in [0.717, 1.165) is 18.6 Å². The largest absolute Gasteiger partial charge is 0.490 e. The zero-order valence-electron chi connectivity index (χ0n) is 12.8. The van der Waals surface area contributed by atoms with Gasteiger partial charge in [-0.2, -0.15) is 0 Å². The molecule has 0 aromatic heterocycles. The summed E-state index contributed by atoms with van der Waals surface area (Å²) in [6.45, 7) is 13.3. The summed E-state index contributed by atoms with van der Waals surface area (Å²) in [6.07, 6.45) is 2.48. The fourth-order valence-electron chi connectivity index (χ4n) is 2.12. The quantitative estimate of drug-likeness (QED) is 0.646. The maximum absolute atomic E-state index is 6.14. The molecule has 0 bridgehead atoms. The van der Waals surface area contributed by atoms with Gasteiger partial charge in [0.05, 0.1) is 6.10 Å². The van der Waals surface area contributed by atoms with Gasteiger partial charge in [0.1, 0.15) is 5.75 Å². The van der Waals surface area contributed by atoms with E-state index in [2.05, 4.69) is 59.7 Å². The minimum absolute atomic E-state index is 0.340. The number of benzene rings is 1. The van der Waals surface area contributed by atoms with E-state index in [1.807, 2.05) is 0 Å². The van der Waals surface area contributed by atoms with Crippen molar-refractivity contribution < 1.29 is 4.74 Å². The number of ether oxygens (including phenoxy) is 1. The van der Waals surface area contributed by atoms with E-state index >= 15 is 0 Å². The number of hydrogen-bond acceptors (Lipinski definition) is 1. The minimum Gasteiger partial charge on any atom is -0.490 e. The van der Waals surface area contributed by atoms with Crippen LogP contribution in [-0.2, 0) is 0 Å². The van der Waals surface area contributed by atoms with Gasteiger partial charge < -0.3 is 4.74 Å². The van der Waals surface area contributed by atoms with Crippen molar-refractivity contribution in [2.75, 3.05) is 0 Å². The molecule has 0 aliphatic carbocycles. The van der Waals surface area contributed by atoms with E-state index in [-0.39, 0.29) is 0 Å². The van der Waals surface area contributed by atoms with Crippen molar-refractivity contribution in [2.24, 2.45) is 0 Å². The average Bonchev–Trinajstić information content (AvgIpc) is 2.35. The minimum atomic E-state index is 0.340. The molecular weight excluding hydrogens is 220 g/mol. The van der Waals surface area contributed by atoms with Gasteiger partial charge in [-0.15, -0.1) is 0 Å². The van der Waals surface area contributed by atoms with Crippen molar-refractivity contribution in [3.8, 4) is 5.75 Å². The fourth-order valence-corrected chi connectivity index (χ4v) is 2.12. The van der Waals surface area contributed by atoms with Gasteiger partial charge >= 0.3 is 0 Å². The van der Waals surface area contributed by atoms with E-state index in [1.165, 1.54) is 11.1 Å². The second kappa shape index (κ2) is 6.82. The zero-order chi connectivity index (χ0) is 13.7. The molecule has 0 saturated heterocycles. The molecule has 0 unspecified atom stereocenters. The monoisotopic (exact) mass is 248 g/mol. The van der Waals surface area contributed by atoms with Crippen LogP contribution in [0, 0.1) is 0 Å². The smallest absolute Gasteiger partial charge is 0.123 e. The van der Waals surface area contributed by atoms with Crippen molar-refractivity contribution in [3.63, 3.8) is 0 Å². The van der Waals surface area contributed by atoms with Crippen LogP contribution < -0.4 is 4.74 Å². The molecule has 0 amide bonds. The van der Waals surface area contributed by atoms with Crippen LogP contribution in [0.25, 0.3) is 0 Å². The van der Waals surface area contributed by atoms with Crippen molar-refractivity contribution in [3.05, 3.63) is 29.3 Å². The number of rotatable bonds is 6. The Hall–Kier alpha value is -0.980. The molecule has 0 aliphatic rings. The van der Waals surface area contributed by atoms with Crippen LogP contribution in [0.15, 0.2) is 18.2 Å². The second-order valence-electron chi connectivity index (χ2n) is 5.66. The zero-order valence-corrected chi connectivity index (χ0v) is 12.8. The van der Waals surface area contributed by atoms with E-state index in [9.17, 15) is 0 Å². The molecule has 0 aliphatic heterocycles. The maximum atomic E-state index is 6.14. The van der Waals surface area contributed by atoms with Gasteiger partial charge in [-0.1, -0.05) is 53.7 Å². The van der Waals surface area contributed by atoms with Gasteiger partial charge in [0, 0.05) is 0 Å². The van der Waals surface area contributed by atoms with E-state index in [0.29, 0.717) is 17.9 Å². The standard InChI is InChI=1S/C17H28O/c1-7-15(8-2)18-17-10-9-14(12(3)4)11-16(17)13(5)6/h9-13,15H,7-8H2,1-6H3. The van der Waals surface area contributed by atoms with Crippen LogP contribution in [0.5, 0.6) is 5.75 Å². The Morgan fingerprint density at radius 2 is 1.56 bits per heavy atom. The van der Waals surface area contributed by atoms with Crippen LogP contribution in [-0.4, -0.2) is 6.10 Å². The summed E-state index contributed by atoms with van der Waals surface area (Å²) in [6, 6.07) is 6.67. The van der Waals surface area contributed by atoms with E-state index in [1.54, 1.807) is 0 Å². The van der Waals surface area contributed by atoms with Crippen LogP contribution in [0.2, 0.25) is 0 Å². The lowest BCUT2D eigenvalue weighted by atomic mass is 9.95. The lowest BCUT2D eigenvalue weighted by molar-refractivity contribution is 0.190. The van der Waals surface area contributed by atoms with Crippen molar-refractivity contribution in [1.82, 2.24) is 0 Å². The van der Waals surface area contributed by atoms with Crippen molar-refractivity contribution in [2.45, 2.75) is 72.3 Å². The van der Waals surface area contributed by atoms with Gasteiger partial charge in [-0.3, -0.25) is 0 Å². The Morgan fingerprint density at radius 3 is 2.00 bits per heavy atom. The van der Waals surface area contributed by atoms with E-state index < -0.39 is 0 Å². The molecule has 0 spiro atoms. The fraction of sp³-hybridized carbons (Fsp3) is 0.647. The summed E-state index contributed by atoms with van der Waals surface area (Å²) in [5.41, 5.74) is 2.74. The molecule has 18 heavy (non-hydrogen) atoms. The first-order valence-electron chi connectivity index (χ1n) is 7.30. The molecule has 0 heterocycles. The molecule has 0 atom stereocenters. The first-order chi connectivity index (χ1) is 8.49. The van der Waals surface area contributed by atoms with Gasteiger partial charge in [0.25, 0.3) is 0 Å². The van der Waals surface area contributed by atoms with Crippen LogP contribution in [0.3, 0.4) is 0 Å². The summed E-state index contributed by atoms with van der Waals surface area (Å²) in [4.78, 5) is 0. The van der Waals surface area contributed by atoms with Gasteiger partial charge in [-0.25, -0.2) is 0 Å². The third-order valence-corrected chi connectivity index (χ3v) is 3.53. The number of hydrogen-bond donors (Lipinski definition) is 0. The Labute approximate surface area is 113 Å². The highest BCUT2D eigenvalue weighted by Gasteiger charge is 2.13. The molecule has 1 aromatic carbocycles. The molecule has 1 rings (SSSR count). The first-order valence-corrected chi connectivity index (χ1v) is 7.30. The second-order valence-corrected chi connectivity index (χ2v) is 5.66. The average molecular weight is 248 g/mol. The lowest BCUT2D eigenvalue weighted by Crippen LogP contribution is -2.15. The topological polar surface area (TPSA) is 9.23 Å². The van der Waals surface area contributed by atoms with Crippen molar-refractivity contribution >= 4 is 0 Å². The molecule has 1 aromatic rings. The molecule has 102 valence electrons. The van der Waals surface area contributed by atoms with Gasteiger partial charge in [-0.05, 0) is 41.9 Å². The summed E-state index contributed by atoms with van der Waals surface area (Å²) < 4.78 is 6.14. The van der Waals surface area contributed by atoms with E-state index in [4.69, 9.17) is 4.74 Å². The first kappa shape index (κ1) is 15.1. The molecule has 0 saturated carbocycles. The third kappa shape index (κ3) is 3.76. The summed E-state index contributed by atoms with van der Waals surface area (Å²) in [5, 5.41) is 0. The normalized spacial score (nSPS) is 11.6. The molecule has 1 heteroatoms. The molecule has 1 nitrogen and oxygen atoms in total. The Bertz CT molecular complexity index is 362. The summed E-state index contributed by atoms with van der Waals surface area (Å²) >= 11 is 0. The lowest BCUT2D eigenvalue weighted by Gasteiger charge is -2.21. The Morgan fingerprint density at radius 1 is 0.944 bits per heavy atom. The van der Waals surface area contributed by atoms with Crippen LogP contribution >= 0.6 is 0 Å². The Balaban J connectivity index is 3.03. The molecular formula is C17H28O. The maximum Gasteiger partial charge on any atom is 0.123 e. The predicted molar refractivity (Wildman–Crippen MR) is 79.6 cm³/mol. The SMILES string of the molecule is CCC(CC)Oc1ccc(C(C)C)cc1C(C)C. The predicted octanol–water partition coefficient (Wildman–Crippen LogP) is 5.50. The highest BCUT2D eigenvalue weighted by molar-refractivity contribution is 5.40. The summed E-state index contributed by atoms with van der Waals surface area (Å²) in [7, 11) is 0. The molecule has 0 fully saturated rings. The molecule has 0 radical (unpaired) electrons. The third-order valence-electron chi connectivity index (χ3n) is 3.53. The van der Waals surface area contributed by atoms with Gasteiger partial charge in [0.2, 0.25) is 0 Å². The summed E-state index contributed by atoms with van der Waals surface area (Å²) in [5.74, 6) is 2.15.